The number of rotatable bonds is 4. The van der Waals surface area contributed by atoms with E-state index < -0.39 is 0 Å². The van der Waals surface area contributed by atoms with Gasteiger partial charge in [-0.2, -0.15) is 0 Å². The van der Waals surface area contributed by atoms with Crippen LogP contribution < -0.4 is 15.5 Å². The van der Waals surface area contributed by atoms with Crippen molar-refractivity contribution in [3.05, 3.63) is 42.6 Å². The lowest BCUT2D eigenvalue weighted by Gasteiger charge is -2.27. The predicted octanol–water partition coefficient (Wildman–Crippen LogP) is 2.13. The molecular weight excluding hydrogens is 356 g/mol. The first-order valence-corrected chi connectivity index (χ1v) is 8.73. The van der Waals surface area contributed by atoms with Gasteiger partial charge in [0, 0.05) is 32.2 Å². The van der Waals surface area contributed by atoms with Crippen molar-refractivity contribution in [1.29, 1.82) is 0 Å². The van der Waals surface area contributed by atoms with Crippen molar-refractivity contribution in [3.63, 3.8) is 0 Å². The molecule has 4 heterocycles. The third-order valence-corrected chi connectivity index (χ3v) is 4.27. The lowest BCUT2D eigenvalue weighted by atomic mass is 10.2. The molecule has 1 aliphatic heterocycles. The summed E-state index contributed by atoms with van der Waals surface area (Å²) in [5, 5.41) is 25.3. The van der Waals surface area contributed by atoms with Crippen molar-refractivity contribution >= 4 is 17.2 Å². The van der Waals surface area contributed by atoms with Crippen molar-refractivity contribution in [2.75, 3.05) is 36.4 Å². The van der Waals surface area contributed by atoms with Crippen molar-refractivity contribution in [1.82, 2.24) is 30.5 Å². The third kappa shape index (κ3) is 4.32. The smallest absolute Gasteiger partial charge is 0.151 e. The Balaban J connectivity index is 0.00000225. The van der Waals surface area contributed by atoms with Crippen LogP contribution in [0, 0.1) is 6.92 Å². The van der Waals surface area contributed by atoms with E-state index in [9.17, 15) is 5.11 Å². The molecule has 4 rings (SSSR count). The molecule has 3 aromatic rings. The molecular formula is C19H24N8O. The first-order chi connectivity index (χ1) is 13.2. The Morgan fingerprint density at radius 1 is 1.00 bits per heavy atom. The molecule has 3 N–H and O–H groups in total. The SMILES string of the molecule is C.Cc1ncc(Nc2cnc(-c3ccc(N4CCNCC4)nn3)c(O)c2)cn1. The van der Waals surface area contributed by atoms with Crippen LogP contribution in [0.2, 0.25) is 0 Å². The third-order valence-electron chi connectivity index (χ3n) is 4.27. The highest BCUT2D eigenvalue weighted by Gasteiger charge is 2.14. The fourth-order valence-electron chi connectivity index (χ4n) is 2.86. The average Bonchev–Trinajstić information content (AvgIpc) is 2.71. The van der Waals surface area contributed by atoms with Crippen LogP contribution in [0.4, 0.5) is 17.2 Å². The van der Waals surface area contributed by atoms with E-state index in [-0.39, 0.29) is 13.2 Å². The minimum absolute atomic E-state index is 0. The van der Waals surface area contributed by atoms with Gasteiger partial charge >= 0.3 is 0 Å². The van der Waals surface area contributed by atoms with Crippen molar-refractivity contribution in [3.8, 4) is 17.1 Å². The Labute approximate surface area is 163 Å². The van der Waals surface area contributed by atoms with Gasteiger partial charge in [-0.15, -0.1) is 10.2 Å². The molecule has 9 nitrogen and oxygen atoms in total. The first kappa shape index (κ1) is 19.4. The number of piperazine rings is 1. The number of anilines is 3. The molecule has 1 aliphatic rings. The van der Waals surface area contributed by atoms with Crippen molar-refractivity contribution in [2.45, 2.75) is 14.4 Å². The molecule has 1 saturated heterocycles. The summed E-state index contributed by atoms with van der Waals surface area (Å²) >= 11 is 0. The van der Waals surface area contributed by atoms with Gasteiger partial charge in [0.1, 0.15) is 23.0 Å². The van der Waals surface area contributed by atoms with Crippen LogP contribution >= 0.6 is 0 Å². The summed E-state index contributed by atoms with van der Waals surface area (Å²) in [5.74, 6) is 1.55. The average molecular weight is 380 g/mol. The monoisotopic (exact) mass is 380 g/mol. The lowest BCUT2D eigenvalue weighted by Crippen LogP contribution is -2.43. The minimum atomic E-state index is 0. The van der Waals surface area contributed by atoms with Gasteiger partial charge < -0.3 is 20.6 Å². The minimum Gasteiger partial charge on any atom is -0.506 e. The number of hydrogen-bond donors (Lipinski definition) is 3. The van der Waals surface area contributed by atoms with Gasteiger partial charge in [0.05, 0.1) is 30.0 Å². The zero-order valence-electron chi connectivity index (χ0n) is 14.9. The highest BCUT2D eigenvalue weighted by atomic mass is 16.3. The van der Waals surface area contributed by atoms with E-state index in [1.54, 1.807) is 24.7 Å². The van der Waals surface area contributed by atoms with Crippen molar-refractivity contribution < 1.29 is 5.11 Å². The van der Waals surface area contributed by atoms with E-state index >= 15 is 0 Å². The number of nitrogens with zero attached hydrogens (tertiary/aromatic N) is 6. The second kappa shape index (κ2) is 8.57. The molecule has 28 heavy (non-hydrogen) atoms. The van der Waals surface area contributed by atoms with Crippen LogP contribution in [0.1, 0.15) is 13.3 Å². The van der Waals surface area contributed by atoms with E-state index in [2.05, 4.69) is 40.7 Å². The van der Waals surface area contributed by atoms with Crippen molar-refractivity contribution in [2.24, 2.45) is 0 Å². The number of nitrogens with one attached hydrogen (secondary N) is 2. The summed E-state index contributed by atoms with van der Waals surface area (Å²) in [7, 11) is 0. The van der Waals surface area contributed by atoms with E-state index in [0.29, 0.717) is 22.9 Å². The number of hydrogen-bond acceptors (Lipinski definition) is 9. The zero-order chi connectivity index (χ0) is 18.6. The summed E-state index contributed by atoms with van der Waals surface area (Å²) in [6.07, 6.45) is 4.97. The van der Waals surface area contributed by atoms with E-state index in [1.807, 2.05) is 19.1 Å². The maximum Gasteiger partial charge on any atom is 0.151 e. The van der Waals surface area contributed by atoms with Crippen LogP contribution in [-0.4, -0.2) is 56.4 Å². The Morgan fingerprint density at radius 3 is 2.36 bits per heavy atom. The number of aromatic hydroxyl groups is 1. The molecule has 0 spiro atoms. The normalized spacial score (nSPS) is 13.7. The molecule has 0 unspecified atom stereocenters. The summed E-state index contributed by atoms with van der Waals surface area (Å²) in [5.41, 5.74) is 2.26. The highest BCUT2D eigenvalue weighted by molar-refractivity contribution is 5.68. The molecule has 0 aromatic carbocycles. The topological polar surface area (TPSA) is 112 Å². The molecule has 0 aliphatic carbocycles. The van der Waals surface area contributed by atoms with Gasteiger partial charge in [-0.05, 0) is 19.1 Å². The second-order valence-electron chi connectivity index (χ2n) is 6.25. The molecule has 0 radical (unpaired) electrons. The van der Waals surface area contributed by atoms with Gasteiger partial charge in [-0.1, -0.05) is 7.43 Å². The molecule has 9 heteroatoms. The fourth-order valence-corrected chi connectivity index (χ4v) is 2.86. The van der Waals surface area contributed by atoms with E-state index in [4.69, 9.17) is 0 Å². The summed E-state index contributed by atoms with van der Waals surface area (Å²) < 4.78 is 0. The summed E-state index contributed by atoms with van der Waals surface area (Å²) in [6.45, 7) is 5.50. The Kier molecular flexibility index (Phi) is 5.95. The van der Waals surface area contributed by atoms with Crippen LogP contribution in [0.5, 0.6) is 5.75 Å². The summed E-state index contributed by atoms with van der Waals surface area (Å²) in [4.78, 5) is 14.8. The molecule has 0 saturated carbocycles. The van der Waals surface area contributed by atoms with Gasteiger partial charge in [0.25, 0.3) is 0 Å². The van der Waals surface area contributed by atoms with E-state index in [0.717, 1.165) is 37.7 Å². The first-order valence-electron chi connectivity index (χ1n) is 8.73. The highest BCUT2D eigenvalue weighted by Crippen LogP contribution is 2.29. The number of aryl methyl sites for hydroxylation is 1. The Hall–Kier alpha value is -3.33. The fraction of sp³-hybridized carbons (Fsp3) is 0.316. The molecule has 0 atom stereocenters. The maximum atomic E-state index is 10.4. The summed E-state index contributed by atoms with van der Waals surface area (Å²) in [6, 6.07) is 5.33. The van der Waals surface area contributed by atoms with Crippen LogP contribution in [-0.2, 0) is 0 Å². The van der Waals surface area contributed by atoms with Gasteiger partial charge in [-0.25, -0.2) is 15.0 Å². The molecule has 1 fully saturated rings. The van der Waals surface area contributed by atoms with Gasteiger partial charge in [0.15, 0.2) is 5.82 Å². The molecule has 146 valence electrons. The van der Waals surface area contributed by atoms with Gasteiger partial charge in [0.2, 0.25) is 0 Å². The maximum absolute atomic E-state index is 10.4. The largest absolute Gasteiger partial charge is 0.506 e. The zero-order valence-corrected chi connectivity index (χ0v) is 14.9. The number of aromatic nitrogens is 5. The quantitative estimate of drug-likeness (QED) is 0.626. The predicted molar refractivity (Wildman–Crippen MR) is 109 cm³/mol. The molecule has 3 aromatic heterocycles. The van der Waals surface area contributed by atoms with Gasteiger partial charge in [-0.3, -0.25) is 0 Å². The van der Waals surface area contributed by atoms with Crippen LogP contribution in [0.25, 0.3) is 11.4 Å². The molecule has 0 bridgehead atoms. The lowest BCUT2D eigenvalue weighted by molar-refractivity contribution is 0.475. The van der Waals surface area contributed by atoms with Crippen LogP contribution in [0.3, 0.4) is 0 Å². The standard InChI is InChI=1S/C18H20N8O.CH4/c1-12-20-10-14(11-21-12)23-13-8-16(27)18(22-9-13)15-2-3-17(25-24-15)26-6-4-19-5-7-26;/h2-3,8-11,19,23,27H,4-7H2,1H3;1H4. The van der Waals surface area contributed by atoms with E-state index in [1.165, 1.54) is 0 Å². The number of pyridine rings is 1. The second-order valence-corrected chi connectivity index (χ2v) is 6.25. The Morgan fingerprint density at radius 2 is 1.71 bits per heavy atom. The Bertz CT molecular complexity index is 908. The molecule has 0 amide bonds. The van der Waals surface area contributed by atoms with Crippen LogP contribution in [0.15, 0.2) is 36.8 Å².